The summed E-state index contributed by atoms with van der Waals surface area (Å²) in [5, 5.41) is 0. The summed E-state index contributed by atoms with van der Waals surface area (Å²) in [6.07, 6.45) is 6.44. The third-order valence-corrected chi connectivity index (χ3v) is 12.9. The lowest BCUT2D eigenvalue weighted by Gasteiger charge is -2.38. The second-order valence-electron chi connectivity index (χ2n) is 17.8. The summed E-state index contributed by atoms with van der Waals surface area (Å²) in [6, 6.07) is 37.6. The number of hydrogen-bond donors (Lipinski definition) is 0. The smallest absolute Gasteiger partial charge is 0.228 e. The van der Waals surface area contributed by atoms with Gasteiger partial charge in [-0.2, -0.15) is 0 Å². The molecule has 0 aromatic heterocycles. The quantitative estimate of drug-likeness (QED) is 0.149. The second-order valence-corrected chi connectivity index (χ2v) is 17.8. The number of nitrogens with zero attached hydrogens (tertiary/aromatic N) is 2. The minimum absolute atomic E-state index is 0. The van der Waals surface area contributed by atoms with Crippen molar-refractivity contribution in [2.45, 2.75) is 135 Å². The first kappa shape index (κ1) is 42.8. The van der Waals surface area contributed by atoms with Gasteiger partial charge in [-0.25, -0.2) is 0 Å². The Kier molecular flexibility index (Phi) is 12.6. The molecule has 0 spiro atoms. The van der Waals surface area contributed by atoms with E-state index in [1.807, 2.05) is 73.9 Å². The van der Waals surface area contributed by atoms with E-state index in [9.17, 15) is 9.59 Å². The van der Waals surface area contributed by atoms with Crippen molar-refractivity contribution in [2.75, 3.05) is 13.2 Å². The standard InChI is InChI=1S/C25H29NO3.C24H27NO3.2CH4/c1-25(2)26(23-21-11-7-6-10-18(21)12-13-22(23)29-25)24(27)19(15-20-16-28-20)14-17-8-4-3-5-9-17;1-24(2)25(22-20-11-7-6-10-17(20)14-21(22)28-24)23(26)18(13-19-15-27-19)12-16-8-4-3-5-9-16;;/h3-11,19-20,22-23H,12-16H2,1-2H3;3-11,18-19,21-22H,12-15H2,1-2H3;2*1H4/t19-,20+,22-,23+;18-,19+,21-,22+;;/m11../s1. The molecule has 314 valence electrons. The van der Waals surface area contributed by atoms with Gasteiger partial charge in [0, 0.05) is 18.3 Å². The molecule has 4 aliphatic heterocycles. The molecular formula is C51H64N2O6. The Labute approximate surface area is 352 Å². The molecule has 6 aliphatic rings. The molecule has 0 bridgehead atoms. The van der Waals surface area contributed by atoms with E-state index in [2.05, 4.69) is 72.8 Å². The van der Waals surface area contributed by atoms with Crippen molar-refractivity contribution in [3.63, 3.8) is 0 Å². The molecule has 4 aromatic carbocycles. The highest BCUT2D eigenvalue weighted by molar-refractivity contribution is 5.82. The fourth-order valence-electron chi connectivity index (χ4n) is 10.2. The van der Waals surface area contributed by atoms with Gasteiger partial charge in [0.2, 0.25) is 11.8 Å². The summed E-state index contributed by atoms with van der Waals surface area (Å²) in [5.74, 6) is 0.192. The van der Waals surface area contributed by atoms with Gasteiger partial charge in [0.1, 0.15) is 11.4 Å². The highest BCUT2D eigenvalue weighted by atomic mass is 16.6. The van der Waals surface area contributed by atoms with E-state index in [0.29, 0.717) is 0 Å². The van der Waals surface area contributed by atoms with Crippen LogP contribution in [-0.4, -0.2) is 70.7 Å². The van der Waals surface area contributed by atoms with Gasteiger partial charge >= 0.3 is 0 Å². The average Bonchev–Trinajstić information content (AvgIpc) is 4.13. The molecule has 59 heavy (non-hydrogen) atoms. The van der Waals surface area contributed by atoms with Crippen molar-refractivity contribution in [3.05, 3.63) is 143 Å². The normalized spacial score (nSPS) is 26.9. The molecule has 4 saturated heterocycles. The molecule has 8 atom stereocenters. The maximum Gasteiger partial charge on any atom is 0.228 e. The van der Waals surface area contributed by atoms with Crippen molar-refractivity contribution in [2.24, 2.45) is 11.8 Å². The van der Waals surface area contributed by atoms with Gasteiger partial charge in [0.05, 0.1) is 49.7 Å². The van der Waals surface area contributed by atoms with Crippen LogP contribution in [0.15, 0.2) is 109 Å². The van der Waals surface area contributed by atoms with Gasteiger partial charge in [-0.15, -0.1) is 0 Å². The van der Waals surface area contributed by atoms with E-state index >= 15 is 0 Å². The first-order valence-corrected chi connectivity index (χ1v) is 21.0. The largest absolute Gasteiger partial charge is 0.373 e. The highest BCUT2D eigenvalue weighted by Gasteiger charge is 2.55. The Balaban J connectivity index is 0.000000173. The van der Waals surface area contributed by atoms with Crippen molar-refractivity contribution in [1.82, 2.24) is 9.80 Å². The number of epoxide rings is 2. The summed E-state index contributed by atoms with van der Waals surface area (Å²) in [7, 11) is 0. The highest BCUT2D eigenvalue weighted by Crippen LogP contribution is 2.50. The number of carbonyl (C=O) groups excluding carboxylic acids is 2. The Morgan fingerprint density at radius 1 is 0.593 bits per heavy atom. The molecule has 4 fully saturated rings. The summed E-state index contributed by atoms with van der Waals surface area (Å²) in [5.41, 5.74) is 6.33. The van der Waals surface area contributed by atoms with Crippen LogP contribution < -0.4 is 0 Å². The number of aryl methyl sites for hydroxylation is 1. The fraction of sp³-hybridized carbons (Fsp3) is 0.490. The topological polar surface area (TPSA) is 84.1 Å². The third kappa shape index (κ3) is 8.93. The van der Waals surface area contributed by atoms with Crippen LogP contribution in [0.2, 0.25) is 0 Å². The van der Waals surface area contributed by atoms with Crippen molar-refractivity contribution in [3.8, 4) is 0 Å². The van der Waals surface area contributed by atoms with E-state index in [1.165, 1.54) is 33.4 Å². The summed E-state index contributed by atoms with van der Waals surface area (Å²) in [4.78, 5) is 31.9. The van der Waals surface area contributed by atoms with Gasteiger partial charge in [0.25, 0.3) is 0 Å². The van der Waals surface area contributed by atoms with Crippen LogP contribution in [0.25, 0.3) is 0 Å². The zero-order valence-electron chi connectivity index (χ0n) is 33.7. The fourth-order valence-corrected chi connectivity index (χ4v) is 10.2. The summed E-state index contributed by atoms with van der Waals surface area (Å²) < 4.78 is 23.8. The van der Waals surface area contributed by atoms with E-state index in [4.69, 9.17) is 18.9 Å². The van der Waals surface area contributed by atoms with Crippen LogP contribution in [0.5, 0.6) is 0 Å². The summed E-state index contributed by atoms with van der Waals surface area (Å²) >= 11 is 0. The Hall–Kier alpha value is -4.34. The summed E-state index contributed by atoms with van der Waals surface area (Å²) in [6.45, 7) is 9.68. The lowest BCUT2D eigenvalue weighted by molar-refractivity contribution is -0.153. The lowest BCUT2D eigenvalue weighted by Crippen LogP contribution is -2.48. The van der Waals surface area contributed by atoms with Gasteiger partial charge in [-0.3, -0.25) is 9.59 Å². The number of rotatable bonds is 10. The third-order valence-electron chi connectivity index (χ3n) is 12.9. The monoisotopic (exact) mass is 800 g/mol. The molecule has 2 aliphatic carbocycles. The van der Waals surface area contributed by atoms with Crippen molar-refractivity contribution in [1.29, 1.82) is 0 Å². The van der Waals surface area contributed by atoms with E-state index in [-0.39, 0.29) is 75.0 Å². The van der Waals surface area contributed by atoms with E-state index in [1.54, 1.807) is 0 Å². The number of carbonyl (C=O) groups is 2. The number of ether oxygens (including phenoxy) is 4. The van der Waals surface area contributed by atoms with E-state index < -0.39 is 11.4 Å². The van der Waals surface area contributed by atoms with Gasteiger partial charge in [-0.05, 0) is 99.6 Å². The Bertz CT molecular complexity index is 2060. The number of benzene rings is 4. The van der Waals surface area contributed by atoms with Crippen molar-refractivity contribution < 1.29 is 28.5 Å². The van der Waals surface area contributed by atoms with Crippen LogP contribution in [-0.2, 0) is 54.2 Å². The Morgan fingerprint density at radius 2 is 1.00 bits per heavy atom. The molecule has 4 aromatic rings. The van der Waals surface area contributed by atoms with Gasteiger partial charge < -0.3 is 28.7 Å². The van der Waals surface area contributed by atoms with Gasteiger partial charge in [0.15, 0.2) is 0 Å². The van der Waals surface area contributed by atoms with Gasteiger partial charge in [-0.1, -0.05) is 124 Å². The predicted molar refractivity (Wildman–Crippen MR) is 231 cm³/mol. The molecule has 8 nitrogen and oxygen atoms in total. The van der Waals surface area contributed by atoms with Crippen LogP contribution in [0.4, 0.5) is 0 Å². The molecule has 0 saturated carbocycles. The SMILES string of the molecule is C.C.CC1(C)O[C@@H]2CCc3ccccc3[C@@H]2N1C(=O)[C@H](Cc1ccccc1)C[C@H]1CO1.CC1(C)O[C@@H]2Cc3ccccc3[C@@H]2N1C(=O)[C@H](Cc1ccccc1)C[C@H]1CO1. The molecule has 0 unspecified atom stereocenters. The van der Waals surface area contributed by atoms with Crippen LogP contribution in [0.3, 0.4) is 0 Å². The first-order valence-electron chi connectivity index (χ1n) is 21.0. The zero-order chi connectivity index (χ0) is 39.3. The molecular weight excluding hydrogens is 737 g/mol. The van der Waals surface area contributed by atoms with Crippen LogP contribution in [0.1, 0.15) is 107 Å². The zero-order valence-corrected chi connectivity index (χ0v) is 33.7. The predicted octanol–water partition coefficient (Wildman–Crippen LogP) is 9.45. The van der Waals surface area contributed by atoms with Crippen molar-refractivity contribution >= 4 is 11.8 Å². The first-order chi connectivity index (χ1) is 27.6. The minimum Gasteiger partial charge on any atom is -0.373 e. The molecule has 8 heteroatoms. The molecule has 10 rings (SSSR count). The molecule has 4 heterocycles. The maximum atomic E-state index is 14.0. The number of amides is 2. The molecule has 0 N–H and O–H groups in total. The minimum atomic E-state index is -0.608. The molecule has 0 radical (unpaired) electrons. The lowest BCUT2D eigenvalue weighted by atomic mass is 9.84. The Morgan fingerprint density at radius 3 is 1.49 bits per heavy atom. The second kappa shape index (κ2) is 17.3. The van der Waals surface area contributed by atoms with Crippen LogP contribution >= 0.6 is 0 Å². The maximum absolute atomic E-state index is 14.0. The average molecular weight is 801 g/mol. The number of hydrogen-bond acceptors (Lipinski definition) is 6. The number of fused-ring (bicyclic) bond motifs is 6. The van der Waals surface area contributed by atoms with Crippen LogP contribution in [0, 0.1) is 11.8 Å². The van der Waals surface area contributed by atoms with E-state index in [0.717, 1.165) is 58.2 Å². The molecule has 2 amide bonds.